The molecule has 0 saturated carbocycles. The van der Waals surface area contributed by atoms with Crippen LogP contribution in [0, 0.1) is 5.41 Å². The number of guanidine groups is 1. The van der Waals surface area contributed by atoms with E-state index in [9.17, 15) is 4.79 Å². The molecule has 0 aromatic heterocycles. The molecule has 0 spiro atoms. The first-order valence-electron chi connectivity index (χ1n) is 6.73. The molecule has 1 aromatic rings. The lowest BCUT2D eigenvalue weighted by atomic mass is 9.87. The van der Waals surface area contributed by atoms with Crippen molar-refractivity contribution in [2.75, 3.05) is 6.54 Å². The molecule has 110 valence electrons. The summed E-state index contributed by atoms with van der Waals surface area (Å²) in [5.74, 6) is -0.555. The van der Waals surface area contributed by atoms with Crippen molar-refractivity contribution in [1.29, 1.82) is 5.41 Å². The van der Waals surface area contributed by atoms with Gasteiger partial charge in [0.1, 0.15) is 0 Å². The number of amides is 1. The van der Waals surface area contributed by atoms with Crippen molar-refractivity contribution in [3.05, 3.63) is 35.4 Å². The van der Waals surface area contributed by atoms with Gasteiger partial charge in [0.15, 0.2) is 5.96 Å². The molecule has 0 aliphatic carbocycles. The minimum Gasteiger partial charge on any atom is -0.370 e. The lowest BCUT2D eigenvalue weighted by Crippen LogP contribution is -2.37. The molecule has 0 heterocycles. The monoisotopic (exact) mass is 276 g/mol. The smallest absolute Gasteiger partial charge is 0.227 e. The Bertz CT molecular complexity index is 460. The zero-order valence-electron chi connectivity index (χ0n) is 12.4. The zero-order valence-corrected chi connectivity index (χ0v) is 12.4. The van der Waals surface area contributed by atoms with Gasteiger partial charge in [-0.3, -0.25) is 15.5 Å². The fourth-order valence-electron chi connectivity index (χ4n) is 1.77. The number of carbonyl (C=O) groups excluding carboxylic acids is 1. The maximum atomic E-state index is 11.2. The third-order valence-electron chi connectivity index (χ3n) is 2.95. The minimum absolute atomic E-state index is 0.163. The highest BCUT2D eigenvalue weighted by Crippen LogP contribution is 2.22. The molecule has 0 fully saturated rings. The summed E-state index contributed by atoms with van der Waals surface area (Å²) in [7, 11) is 0. The Morgan fingerprint density at radius 1 is 1.25 bits per heavy atom. The first-order chi connectivity index (χ1) is 9.29. The molecular weight excluding hydrogens is 252 g/mol. The van der Waals surface area contributed by atoms with E-state index in [1.54, 1.807) is 0 Å². The summed E-state index contributed by atoms with van der Waals surface area (Å²) in [6.07, 6.45) is 0.305. The van der Waals surface area contributed by atoms with Gasteiger partial charge in [-0.25, -0.2) is 0 Å². The quantitative estimate of drug-likeness (QED) is 0.373. The maximum absolute atomic E-state index is 11.2. The second-order valence-electron chi connectivity index (χ2n) is 5.84. The lowest BCUT2D eigenvalue weighted by Gasteiger charge is -2.19. The standard InChI is InChI=1S/C15H24N4O/c1-15(2,3)12-6-4-11(5-7-12)10-18-9-8-13(20)19-14(16)17/h4-7,18H,8-10H2,1-3H3,(H4,16,17,19,20). The van der Waals surface area contributed by atoms with E-state index in [2.05, 4.69) is 55.7 Å². The van der Waals surface area contributed by atoms with E-state index < -0.39 is 0 Å². The van der Waals surface area contributed by atoms with Gasteiger partial charge in [0.25, 0.3) is 0 Å². The number of hydrogen-bond donors (Lipinski definition) is 4. The molecule has 0 bridgehead atoms. The van der Waals surface area contributed by atoms with Crippen molar-refractivity contribution in [3.8, 4) is 0 Å². The second-order valence-corrected chi connectivity index (χ2v) is 5.84. The van der Waals surface area contributed by atoms with Crippen LogP contribution in [0.25, 0.3) is 0 Å². The minimum atomic E-state index is -0.312. The molecule has 0 aliphatic heterocycles. The van der Waals surface area contributed by atoms with E-state index in [4.69, 9.17) is 11.1 Å². The van der Waals surface area contributed by atoms with Gasteiger partial charge in [-0.2, -0.15) is 0 Å². The lowest BCUT2D eigenvalue weighted by molar-refractivity contribution is -0.119. The molecule has 1 rings (SSSR count). The number of nitrogens with one attached hydrogen (secondary N) is 3. The van der Waals surface area contributed by atoms with E-state index in [1.807, 2.05) is 0 Å². The fourth-order valence-corrected chi connectivity index (χ4v) is 1.77. The summed E-state index contributed by atoms with van der Waals surface area (Å²) in [5, 5.41) is 12.4. The first kappa shape index (κ1) is 16.2. The Morgan fingerprint density at radius 2 is 1.85 bits per heavy atom. The summed E-state index contributed by atoms with van der Waals surface area (Å²) in [6.45, 7) is 7.84. The molecule has 0 saturated heterocycles. The summed E-state index contributed by atoms with van der Waals surface area (Å²) >= 11 is 0. The highest BCUT2D eigenvalue weighted by atomic mass is 16.1. The number of benzene rings is 1. The van der Waals surface area contributed by atoms with Gasteiger partial charge in [-0.1, -0.05) is 45.0 Å². The van der Waals surface area contributed by atoms with Crippen LogP contribution in [0.4, 0.5) is 0 Å². The molecule has 0 aliphatic rings. The number of hydrogen-bond acceptors (Lipinski definition) is 3. The van der Waals surface area contributed by atoms with Crippen LogP contribution in [0.3, 0.4) is 0 Å². The van der Waals surface area contributed by atoms with Gasteiger partial charge >= 0.3 is 0 Å². The van der Waals surface area contributed by atoms with E-state index in [0.717, 1.165) is 6.54 Å². The first-order valence-corrected chi connectivity index (χ1v) is 6.73. The van der Waals surface area contributed by atoms with E-state index >= 15 is 0 Å². The average molecular weight is 276 g/mol. The van der Waals surface area contributed by atoms with Crippen molar-refractivity contribution < 1.29 is 4.79 Å². The predicted molar refractivity (Wildman–Crippen MR) is 81.5 cm³/mol. The van der Waals surface area contributed by atoms with Crippen molar-refractivity contribution in [1.82, 2.24) is 10.6 Å². The Kier molecular flexibility index (Phi) is 5.70. The largest absolute Gasteiger partial charge is 0.370 e. The van der Waals surface area contributed by atoms with Gasteiger partial charge in [0, 0.05) is 19.5 Å². The average Bonchev–Trinajstić information content (AvgIpc) is 2.33. The molecule has 5 heteroatoms. The van der Waals surface area contributed by atoms with Gasteiger partial charge in [0.2, 0.25) is 5.91 Å². The van der Waals surface area contributed by atoms with Gasteiger partial charge in [-0.05, 0) is 16.5 Å². The van der Waals surface area contributed by atoms with Crippen molar-refractivity contribution in [3.63, 3.8) is 0 Å². The molecule has 5 N–H and O–H groups in total. The Morgan fingerprint density at radius 3 is 2.35 bits per heavy atom. The van der Waals surface area contributed by atoms with Crippen LogP contribution >= 0.6 is 0 Å². The normalized spacial score (nSPS) is 11.2. The molecule has 1 amide bonds. The van der Waals surface area contributed by atoms with E-state index in [-0.39, 0.29) is 17.3 Å². The van der Waals surface area contributed by atoms with E-state index in [1.165, 1.54) is 11.1 Å². The van der Waals surface area contributed by atoms with Gasteiger partial charge in [-0.15, -0.1) is 0 Å². The SMILES string of the molecule is CC(C)(C)c1ccc(CNCCC(=O)NC(=N)N)cc1. The zero-order chi connectivity index (χ0) is 15.2. The maximum Gasteiger partial charge on any atom is 0.227 e. The topological polar surface area (TPSA) is 91.0 Å². The van der Waals surface area contributed by atoms with Crippen LogP contribution in [0.5, 0.6) is 0 Å². The fraction of sp³-hybridized carbons (Fsp3) is 0.467. The van der Waals surface area contributed by atoms with Crippen LogP contribution < -0.4 is 16.4 Å². The number of nitrogens with two attached hydrogens (primary N) is 1. The molecule has 20 heavy (non-hydrogen) atoms. The third-order valence-corrected chi connectivity index (χ3v) is 2.95. The van der Waals surface area contributed by atoms with Crippen LogP contribution in [0.2, 0.25) is 0 Å². The van der Waals surface area contributed by atoms with Crippen molar-refractivity contribution >= 4 is 11.9 Å². The van der Waals surface area contributed by atoms with Crippen LogP contribution in [-0.4, -0.2) is 18.4 Å². The van der Waals surface area contributed by atoms with E-state index in [0.29, 0.717) is 13.0 Å². The Hall–Kier alpha value is -1.88. The molecule has 0 radical (unpaired) electrons. The van der Waals surface area contributed by atoms with Gasteiger partial charge in [0.05, 0.1) is 0 Å². The number of rotatable bonds is 5. The van der Waals surface area contributed by atoms with Crippen LogP contribution in [0.1, 0.15) is 38.3 Å². The highest BCUT2D eigenvalue weighted by Gasteiger charge is 2.12. The summed E-state index contributed by atoms with van der Waals surface area (Å²) in [4.78, 5) is 11.2. The number of carbonyl (C=O) groups is 1. The van der Waals surface area contributed by atoms with Crippen molar-refractivity contribution in [2.24, 2.45) is 5.73 Å². The Labute approximate surface area is 120 Å². The molecular formula is C15H24N4O. The summed E-state index contributed by atoms with van der Waals surface area (Å²) in [5.41, 5.74) is 7.72. The Balaban J connectivity index is 2.32. The predicted octanol–water partition coefficient (Wildman–Crippen LogP) is 1.47. The van der Waals surface area contributed by atoms with Gasteiger partial charge < -0.3 is 11.1 Å². The van der Waals surface area contributed by atoms with Crippen LogP contribution in [0.15, 0.2) is 24.3 Å². The van der Waals surface area contributed by atoms with Crippen LogP contribution in [-0.2, 0) is 16.8 Å². The highest BCUT2D eigenvalue weighted by molar-refractivity contribution is 5.94. The second kappa shape index (κ2) is 7.05. The third kappa shape index (κ3) is 5.84. The molecule has 0 unspecified atom stereocenters. The summed E-state index contributed by atoms with van der Waals surface area (Å²) in [6, 6.07) is 8.48. The molecule has 1 aromatic carbocycles. The summed E-state index contributed by atoms with van der Waals surface area (Å²) < 4.78 is 0. The molecule has 5 nitrogen and oxygen atoms in total. The van der Waals surface area contributed by atoms with Crippen molar-refractivity contribution in [2.45, 2.75) is 39.2 Å². The molecule has 0 atom stereocenters.